The van der Waals surface area contributed by atoms with Crippen LogP contribution < -0.4 is 5.73 Å². The third-order valence-electron chi connectivity index (χ3n) is 1.78. The SMILES string of the molecule is Cc1nc(C(N)=O)cnc1C(C)C. The zero-order valence-electron chi connectivity index (χ0n) is 8.03. The molecule has 0 aliphatic rings. The highest BCUT2D eigenvalue weighted by Gasteiger charge is 2.09. The van der Waals surface area contributed by atoms with Gasteiger partial charge in [-0.1, -0.05) is 13.8 Å². The summed E-state index contributed by atoms with van der Waals surface area (Å²) < 4.78 is 0. The summed E-state index contributed by atoms with van der Waals surface area (Å²) in [6, 6.07) is 0. The quantitative estimate of drug-likeness (QED) is 0.736. The minimum absolute atomic E-state index is 0.224. The van der Waals surface area contributed by atoms with Crippen LogP contribution in [-0.2, 0) is 0 Å². The molecule has 0 fully saturated rings. The van der Waals surface area contributed by atoms with Gasteiger partial charge in [-0.15, -0.1) is 0 Å². The van der Waals surface area contributed by atoms with Crippen LogP contribution in [0, 0.1) is 6.92 Å². The second-order valence-corrected chi connectivity index (χ2v) is 3.24. The molecule has 0 saturated carbocycles. The van der Waals surface area contributed by atoms with Crippen molar-refractivity contribution < 1.29 is 4.79 Å². The van der Waals surface area contributed by atoms with Crippen molar-refractivity contribution in [3.8, 4) is 0 Å². The molecule has 0 bridgehead atoms. The highest BCUT2D eigenvalue weighted by atomic mass is 16.1. The van der Waals surface area contributed by atoms with Crippen molar-refractivity contribution in [3.05, 3.63) is 23.3 Å². The van der Waals surface area contributed by atoms with Crippen LogP contribution in [0.15, 0.2) is 6.20 Å². The monoisotopic (exact) mass is 179 g/mol. The Morgan fingerprint density at radius 1 is 1.54 bits per heavy atom. The molecule has 4 heteroatoms. The maximum Gasteiger partial charge on any atom is 0.268 e. The largest absolute Gasteiger partial charge is 0.364 e. The Kier molecular flexibility index (Phi) is 2.60. The first-order valence-electron chi connectivity index (χ1n) is 4.15. The second-order valence-electron chi connectivity index (χ2n) is 3.24. The number of primary amides is 1. The molecule has 4 nitrogen and oxygen atoms in total. The fourth-order valence-corrected chi connectivity index (χ4v) is 1.18. The average molecular weight is 179 g/mol. The summed E-state index contributed by atoms with van der Waals surface area (Å²) in [6.07, 6.45) is 1.42. The van der Waals surface area contributed by atoms with Crippen LogP contribution in [0.4, 0.5) is 0 Å². The van der Waals surface area contributed by atoms with E-state index in [1.54, 1.807) is 0 Å². The molecule has 0 radical (unpaired) electrons. The van der Waals surface area contributed by atoms with E-state index in [0.29, 0.717) is 5.92 Å². The van der Waals surface area contributed by atoms with Crippen molar-refractivity contribution >= 4 is 5.91 Å². The molecule has 70 valence electrons. The van der Waals surface area contributed by atoms with Gasteiger partial charge in [0.25, 0.3) is 5.91 Å². The molecule has 0 aliphatic heterocycles. The van der Waals surface area contributed by atoms with E-state index in [9.17, 15) is 4.79 Å². The summed E-state index contributed by atoms with van der Waals surface area (Å²) >= 11 is 0. The second kappa shape index (κ2) is 3.51. The average Bonchev–Trinajstić information content (AvgIpc) is 2.03. The van der Waals surface area contributed by atoms with Gasteiger partial charge in [0.15, 0.2) is 0 Å². The molecule has 1 aromatic heterocycles. The number of carbonyl (C=O) groups is 1. The number of hydrogen-bond donors (Lipinski definition) is 1. The third-order valence-corrected chi connectivity index (χ3v) is 1.78. The molecule has 0 saturated heterocycles. The standard InChI is InChI=1S/C9H13N3O/c1-5(2)8-6(3)12-7(4-11-8)9(10)13/h4-5H,1-3H3,(H2,10,13). The molecule has 1 heterocycles. The summed E-state index contributed by atoms with van der Waals surface area (Å²) in [5.41, 5.74) is 6.97. The molecule has 13 heavy (non-hydrogen) atoms. The number of nitrogens with two attached hydrogens (primary N) is 1. The smallest absolute Gasteiger partial charge is 0.268 e. The van der Waals surface area contributed by atoms with E-state index in [0.717, 1.165) is 11.4 Å². The first kappa shape index (κ1) is 9.64. The Bertz CT molecular complexity index is 334. The Morgan fingerprint density at radius 3 is 2.54 bits per heavy atom. The van der Waals surface area contributed by atoms with Crippen LogP contribution in [0.3, 0.4) is 0 Å². The van der Waals surface area contributed by atoms with Gasteiger partial charge < -0.3 is 5.73 Å². The number of aromatic nitrogens is 2. The fourth-order valence-electron chi connectivity index (χ4n) is 1.18. The lowest BCUT2D eigenvalue weighted by Crippen LogP contribution is -2.15. The summed E-state index contributed by atoms with van der Waals surface area (Å²) in [6.45, 7) is 5.89. The number of nitrogens with zero attached hydrogens (tertiary/aromatic N) is 2. The maximum atomic E-state index is 10.8. The predicted molar refractivity (Wildman–Crippen MR) is 49.4 cm³/mol. The molecule has 0 aliphatic carbocycles. The Morgan fingerprint density at radius 2 is 2.15 bits per heavy atom. The van der Waals surface area contributed by atoms with Crippen molar-refractivity contribution in [2.45, 2.75) is 26.7 Å². The number of carbonyl (C=O) groups excluding carboxylic acids is 1. The number of rotatable bonds is 2. The van der Waals surface area contributed by atoms with E-state index in [4.69, 9.17) is 5.73 Å². The summed E-state index contributed by atoms with van der Waals surface area (Å²) in [5.74, 6) is -0.222. The molecule has 0 aromatic carbocycles. The van der Waals surface area contributed by atoms with Crippen LogP contribution in [0.5, 0.6) is 0 Å². The molecule has 0 unspecified atom stereocenters. The van der Waals surface area contributed by atoms with Gasteiger partial charge >= 0.3 is 0 Å². The Labute approximate surface area is 77.2 Å². The van der Waals surface area contributed by atoms with E-state index in [-0.39, 0.29) is 5.69 Å². The van der Waals surface area contributed by atoms with Gasteiger partial charge in [0.05, 0.1) is 17.6 Å². The van der Waals surface area contributed by atoms with Gasteiger partial charge in [-0.3, -0.25) is 9.78 Å². The molecule has 0 spiro atoms. The van der Waals surface area contributed by atoms with Gasteiger partial charge in [-0.05, 0) is 12.8 Å². The molecule has 0 atom stereocenters. The van der Waals surface area contributed by atoms with Crippen LogP contribution in [-0.4, -0.2) is 15.9 Å². The lowest BCUT2D eigenvalue weighted by Gasteiger charge is -2.07. The van der Waals surface area contributed by atoms with Crippen molar-refractivity contribution in [1.82, 2.24) is 9.97 Å². The van der Waals surface area contributed by atoms with Crippen LogP contribution >= 0.6 is 0 Å². The summed E-state index contributed by atoms with van der Waals surface area (Å²) in [5, 5.41) is 0. The van der Waals surface area contributed by atoms with Crippen molar-refractivity contribution in [1.29, 1.82) is 0 Å². The number of amides is 1. The highest BCUT2D eigenvalue weighted by Crippen LogP contribution is 2.13. The van der Waals surface area contributed by atoms with E-state index in [1.165, 1.54) is 6.20 Å². The summed E-state index contributed by atoms with van der Waals surface area (Å²) in [7, 11) is 0. The number of aryl methyl sites for hydroxylation is 1. The van der Waals surface area contributed by atoms with E-state index in [1.807, 2.05) is 20.8 Å². The van der Waals surface area contributed by atoms with Crippen LogP contribution in [0.2, 0.25) is 0 Å². The van der Waals surface area contributed by atoms with E-state index < -0.39 is 5.91 Å². The fraction of sp³-hybridized carbons (Fsp3) is 0.444. The van der Waals surface area contributed by atoms with Crippen molar-refractivity contribution in [2.75, 3.05) is 0 Å². The first-order valence-corrected chi connectivity index (χ1v) is 4.15. The highest BCUT2D eigenvalue weighted by molar-refractivity contribution is 5.90. The van der Waals surface area contributed by atoms with Gasteiger partial charge in [-0.25, -0.2) is 4.98 Å². The lowest BCUT2D eigenvalue weighted by atomic mass is 10.1. The Balaban J connectivity index is 3.13. The molecular weight excluding hydrogens is 166 g/mol. The van der Waals surface area contributed by atoms with Crippen LogP contribution in [0.25, 0.3) is 0 Å². The molecule has 1 aromatic rings. The zero-order chi connectivity index (χ0) is 10.0. The maximum absolute atomic E-state index is 10.8. The van der Waals surface area contributed by atoms with Gasteiger partial charge in [0.2, 0.25) is 0 Å². The zero-order valence-corrected chi connectivity index (χ0v) is 8.03. The third kappa shape index (κ3) is 2.02. The van der Waals surface area contributed by atoms with Gasteiger partial charge in [0, 0.05) is 0 Å². The summed E-state index contributed by atoms with van der Waals surface area (Å²) in [4.78, 5) is 18.9. The van der Waals surface area contributed by atoms with Gasteiger partial charge in [0.1, 0.15) is 5.69 Å². The first-order chi connectivity index (χ1) is 6.02. The Hall–Kier alpha value is -1.45. The van der Waals surface area contributed by atoms with E-state index in [2.05, 4.69) is 9.97 Å². The van der Waals surface area contributed by atoms with Crippen LogP contribution in [0.1, 0.15) is 41.6 Å². The normalized spacial score (nSPS) is 10.5. The number of hydrogen-bond acceptors (Lipinski definition) is 3. The van der Waals surface area contributed by atoms with Crippen molar-refractivity contribution in [2.24, 2.45) is 5.73 Å². The van der Waals surface area contributed by atoms with Crippen molar-refractivity contribution in [3.63, 3.8) is 0 Å². The minimum atomic E-state index is -0.536. The van der Waals surface area contributed by atoms with E-state index >= 15 is 0 Å². The molecule has 2 N–H and O–H groups in total. The molecule has 1 amide bonds. The minimum Gasteiger partial charge on any atom is -0.364 e. The lowest BCUT2D eigenvalue weighted by molar-refractivity contribution is 0.0995. The topological polar surface area (TPSA) is 68.9 Å². The molecule has 1 rings (SSSR count). The van der Waals surface area contributed by atoms with Gasteiger partial charge in [-0.2, -0.15) is 0 Å². The predicted octanol–water partition coefficient (Wildman–Crippen LogP) is 1.01. The molecular formula is C9H13N3O.